The molecule has 2 aromatic carbocycles. The molecule has 0 aliphatic rings. The monoisotopic (exact) mass is 470 g/mol. The van der Waals surface area contributed by atoms with E-state index >= 15 is 0 Å². The van der Waals surface area contributed by atoms with Crippen molar-refractivity contribution in [1.82, 2.24) is 9.88 Å². The molecule has 1 amide bonds. The van der Waals surface area contributed by atoms with Crippen molar-refractivity contribution in [3.05, 3.63) is 64.1 Å². The SMILES string of the molecule is CC[C@@H](C)N(Cc1csc(COc2c(OC)cccc2OC)n1)C(=O)c1ccc(OC)cc1. The molecule has 0 saturated carbocycles. The van der Waals surface area contributed by atoms with Crippen LogP contribution >= 0.6 is 11.3 Å². The number of nitrogens with zero attached hydrogens (tertiary/aromatic N) is 2. The second kappa shape index (κ2) is 11.6. The summed E-state index contributed by atoms with van der Waals surface area (Å²) < 4.78 is 21.9. The maximum Gasteiger partial charge on any atom is 0.254 e. The minimum Gasteiger partial charge on any atom is -0.497 e. The number of hydrogen-bond acceptors (Lipinski definition) is 7. The van der Waals surface area contributed by atoms with E-state index in [1.54, 1.807) is 45.6 Å². The molecule has 0 aliphatic carbocycles. The predicted octanol–water partition coefficient (Wildman–Crippen LogP) is 5.19. The molecule has 3 aromatic rings. The summed E-state index contributed by atoms with van der Waals surface area (Å²) in [5, 5.41) is 2.77. The third kappa shape index (κ3) is 5.96. The minimum atomic E-state index is -0.0310. The largest absolute Gasteiger partial charge is 0.497 e. The van der Waals surface area contributed by atoms with E-state index in [4.69, 9.17) is 23.9 Å². The fourth-order valence-electron chi connectivity index (χ4n) is 3.30. The van der Waals surface area contributed by atoms with Crippen LogP contribution in [0.5, 0.6) is 23.0 Å². The molecule has 3 rings (SSSR count). The zero-order chi connectivity index (χ0) is 23.8. The van der Waals surface area contributed by atoms with E-state index in [1.165, 1.54) is 11.3 Å². The van der Waals surface area contributed by atoms with Gasteiger partial charge in [0.15, 0.2) is 11.5 Å². The van der Waals surface area contributed by atoms with Gasteiger partial charge in [-0.1, -0.05) is 13.0 Å². The molecule has 1 aromatic heterocycles. The maximum absolute atomic E-state index is 13.2. The molecule has 8 heteroatoms. The van der Waals surface area contributed by atoms with Crippen LogP contribution in [0.2, 0.25) is 0 Å². The third-order valence-corrected chi connectivity index (χ3v) is 6.25. The van der Waals surface area contributed by atoms with Gasteiger partial charge in [0.2, 0.25) is 5.75 Å². The van der Waals surface area contributed by atoms with E-state index in [9.17, 15) is 4.79 Å². The fraction of sp³-hybridized carbons (Fsp3) is 0.360. The highest BCUT2D eigenvalue weighted by Crippen LogP contribution is 2.37. The van der Waals surface area contributed by atoms with Crippen LogP contribution in [0.15, 0.2) is 47.8 Å². The number of carbonyl (C=O) groups is 1. The van der Waals surface area contributed by atoms with E-state index in [0.29, 0.717) is 29.4 Å². The molecular formula is C25H30N2O5S. The van der Waals surface area contributed by atoms with Crippen LogP contribution in [0.25, 0.3) is 0 Å². The lowest BCUT2D eigenvalue weighted by atomic mass is 10.1. The number of methoxy groups -OCH3 is 3. The average Bonchev–Trinajstić information content (AvgIpc) is 3.32. The van der Waals surface area contributed by atoms with Gasteiger partial charge in [-0.2, -0.15) is 0 Å². The number of rotatable bonds is 11. The van der Waals surface area contributed by atoms with Crippen LogP contribution in [-0.2, 0) is 13.2 Å². The molecule has 0 fully saturated rings. The molecule has 0 saturated heterocycles. The Kier molecular flexibility index (Phi) is 8.54. The van der Waals surface area contributed by atoms with Gasteiger partial charge in [-0.3, -0.25) is 4.79 Å². The predicted molar refractivity (Wildman–Crippen MR) is 129 cm³/mol. The van der Waals surface area contributed by atoms with E-state index in [2.05, 4.69) is 6.92 Å². The molecule has 0 bridgehead atoms. The highest BCUT2D eigenvalue weighted by atomic mass is 32.1. The fourth-order valence-corrected chi connectivity index (χ4v) is 4.00. The molecule has 0 spiro atoms. The molecule has 0 aliphatic heterocycles. The van der Waals surface area contributed by atoms with Crippen molar-refractivity contribution in [2.24, 2.45) is 0 Å². The van der Waals surface area contributed by atoms with Gasteiger partial charge in [0.25, 0.3) is 5.91 Å². The van der Waals surface area contributed by atoms with Gasteiger partial charge < -0.3 is 23.8 Å². The topological polar surface area (TPSA) is 70.1 Å². The Labute approximate surface area is 198 Å². The van der Waals surface area contributed by atoms with Crippen molar-refractivity contribution >= 4 is 17.2 Å². The van der Waals surface area contributed by atoms with E-state index in [1.807, 2.05) is 35.4 Å². The van der Waals surface area contributed by atoms with Gasteiger partial charge in [-0.25, -0.2) is 4.98 Å². The Balaban J connectivity index is 1.72. The first-order valence-electron chi connectivity index (χ1n) is 10.7. The first-order chi connectivity index (χ1) is 16.0. The number of para-hydroxylation sites is 1. The summed E-state index contributed by atoms with van der Waals surface area (Å²) in [6, 6.07) is 12.7. The second-order valence-corrected chi connectivity index (χ2v) is 8.37. The van der Waals surface area contributed by atoms with Gasteiger partial charge in [-0.05, 0) is 49.7 Å². The van der Waals surface area contributed by atoms with Crippen LogP contribution in [0.4, 0.5) is 0 Å². The lowest BCUT2D eigenvalue weighted by Crippen LogP contribution is -2.37. The number of hydrogen-bond donors (Lipinski definition) is 0. The Morgan fingerprint density at radius 2 is 1.70 bits per heavy atom. The first-order valence-corrected chi connectivity index (χ1v) is 11.6. The van der Waals surface area contributed by atoms with Crippen LogP contribution in [0.1, 0.15) is 41.3 Å². The van der Waals surface area contributed by atoms with Crippen molar-refractivity contribution in [1.29, 1.82) is 0 Å². The van der Waals surface area contributed by atoms with Crippen molar-refractivity contribution < 1.29 is 23.7 Å². The molecular weight excluding hydrogens is 440 g/mol. The van der Waals surface area contributed by atoms with E-state index in [0.717, 1.165) is 22.9 Å². The van der Waals surface area contributed by atoms with Crippen LogP contribution in [0, 0.1) is 0 Å². The molecule has 0 N–H and O–H groups in total. The molecule has 7 nitrogen and oxygen atoms in total. The molecule has 1 heterocycles. The second-order valence-electron chi connectivity index (χ2n) is 7.43. The number of thiazole rings is 1. The molecule has 1 atom stereocenters. The summed E-state index contributed by atoms with van der Waals surface area (Å²) in [6.45, 7) is 4.82. The van der Waals surface area contributed by atoms with E-state index < -0.39 is 0 Å². The van der Waals surface area contributed by atoms with E-state index in [-0.39, 0.29) is 18.6 Å². The standard InChI is InChI=1S/C25H30N2O5S/c1-6-17(2)27(25(28)18-10-12-20(29-3)13-11-18)14-19-16-33-23(26-19)15-32-24-21(30-4)8-7-9-22(24)31-5/h7-13,16-17H,6,14-15H2,1-5H3/t17-/m1/s1. The Morgan fingerprint density at radius 3 is 2.27 bits per heavy atom. The average molecular weight is 471 g/mol. The Morgan fingerprint density at radius 1 is 1.03 bits per heavy atom. The van der Waals surface area contributed by atoms with Crippen molar-refractivity contribution in [3.63, 3.8) is 0 Å². The van der Waals surface area contributed by atoms with Gasteiger partial charge >= 0.3 is 0 Å². The Bertz CT molecular complexity index is 1030. The summed E-state index contributed by atoms with van der Waals surface area (Å²) in [5.74, 6) is 2.42. The summed E-state index contributed by atoms with van der Waals surface area (Å²) in [6.07, 6.45) is 0.843. The Hall–Kier alpha value is -3.26. The van der Waals surface area contributed by atoms with Gasteiger partial charge in [0.1, 0.15) is 17.4 Å². The number of benzene rings is 2. The smallest absolute Gasteiger partial charge is 0.254 e. The van der Waals surface area contributed by atoms with Crippen molar-refractivity contribution in [2.75, 3.05) is 21.3 Å². The zero-order valence-corrected chi connectivity index (χ0v) is 20.5. The van der Waals surface area contributed by atoms with Crippen molar-refractivity contribution in [3.8, 4) is 23.0 Å². The number of carbonyl (C=O) groups excluding carboxylic acids is 1. The molecule has 0 radical (unpaired) electrons. The summed E-state index contributed by atoms with van der Waals surface area (Å²) in [7, 11) is 4.79. The lowest BCUT2D eigenvalue weighted by molar-refractivity contribution is 0.0669. The van der Waals surface area contributed by atoms with Gasteiger partial charge in [0.05, 0.1) is 33.6 Å². The minimum absolute atomic E-state index is 0.0310. The molecule has 33 heavy (non-hydrogen) atoms. The maximum atomic E-state index is 13.2. The summed E-state index contributed by atoms with van der Waals surface area (Å²) in [4.78, 5) is 19.8. The lowest BCUT2D eigenvalue weighted by Gasteiger charge is -2.28. The summed E-state index contributed by atoms with van der Waals surface area (Å²) >= 11 is 1.50. The number of ether oxygens (including phenoxy) is 4. The van der Waals surface area contributed by atoms with Crippen LogP contribution in [0.3, 0.4) is 0 Å². The van der Waals surface area contributed by atoms with Crippen LogP contribution < -0.4 is 18.9 Å². The summed E-state index contributed by atoms with van der Waals surface area (Å²) in [5.41, 5.74) is 1.45. The number of aromatic nitrogens is 1. The first kappa shape index (κ1) is 24.4. The van der Waals surface area contributed by atoms with Crippen molar-refractivity contribution in [2.45, 2.75) is 39.5 Å². The highest BCUT2D eigenvalue weighted by Gasteiger charge is 2.22. The highest BCUT2D eigenvalue weighted by molar-refractivity contribution is 7.09. The van der Waals surface area contributed by atoms with Gasteiger partial charge in [0, 0.05) is 17.0 Å². The third-order valence-electron chi connectivity index (χ3n) is 5.37. The number of amides is 1. The van der Waals surface area contributed by atoms with Gasteiger partial charge in [-0.15, -0.1) is 11.3 Å². The normalized spacial score (nSPS) is 11.5. The molecule has 0 unspecified atom stereocenters. The van der Waals surface area contributed by atoms with Crippen LogP contribution in [-0.4, -0.2) is 43.2 Å². The molecule has 176 valence electrons. The quantitative estimate of drug-likeness (QED) is 0.384. The zero-order valence-electron chi connectivity index (χ0n) is 19.7.